The van der Waals surface area contributed by atoms with Gasteiger partial charge in [0.1, 0.15) is 11.5 Å². The Bertz CT molecular complexity index is 816. The van der Waals surface area contributed by atoms with E-state index in [0.29, 0.717) is 11.7 Å². The molecule has 1 aromatic carbocycles. The lowest BCUT2D eigenvalue weighted by Crippen LogP contribution is -2.30. The van der Waals surface area contributed by atoms with Gasteiger partial charge in [-0.2, -0.15) is 5.10 Å². The lowest BCUT2D eigenvalue weighted by atomic mass is 9.96. The van der Waals surface area contributed by atoms with Crippen LogP contribution in [0.2, 0.25) is 0 Å². The molecule has 3 heterocycles. The van der Waals surface area contributed by atoms with Crippen LogP contribution in [0.1, 0.15) is 49.4 Å². The van der Waals surface area contributed by atoms with Crippen molar-refractivity contribution in [1.82, 2.24) is 14.7 Å². The number of fused-ring (bicyclic) bond motifs is 1. The molecule has 2 aromatic rings. The molecule has 1 unspecified atom stereocenters. The van der Waals surface area contributed by atoms with Crippen LogP contribution in [0.15, 0.2) is 24.3 Å². The topological polar surface area (TPSA) is 76.2 Å². The van der Waals surface area contributed by atoms with E-state index in [-0.39, 0.29) is 10.6 Å². The van der Waals surface area contributed by atoms with Crippen molar-refractivity contribution < 1.29 is 4.92 Å². The summed E-state index contributed by atoms with van der Waals surface area (Å²) >= 11 is 0. The van der Waals surface area contributed by atoms with E-state index in [4.69, 9.17) is 5.10 Å². The second-order valence-corrected chi connectivity index (χ2v) is 7.25. The highest BCUT2D eigenvalue weighted by Gasteiger charge is 2.31. The minimum absolute atomic E-state index is 0.0902. The summed E-state index contributed by atoms with van der Waals surface area (Å²) in [5, 5.41) is 19.9. The molecule has 7 heteroatoms. The molecule has 7 nitrogen and oxygen atoms in total. The second kappa shape index (κ2) is 7.07. The maximum absolute atomic E-state index is 11.5. The van der Waals surface area contributed by atoms with Gasteiger partial charge in [0.05, 0.1) is 16.7 Å². The quantitative estimate of drug-likeness (QED) is 0.671. The zero-order valence-corrected chi connectivity index (χ0v) is 15.1. The summed E-state index contributed by atoms with van der Waals surface area (Å²) in [6.45, 7) is 1.95. The number of nitro groups is 1. The first-order valence-corrected chi connectivity index (χ1v) is 9.46. The molecule has 26 heavy (non-hydrogen) atoms. The number of likely N-dealkylation sites (tertiary alicyclic amines) is 1. The highest BCUT2D eigenvalue weighted by molar-refractivity contribution is 5.60. The van der Waals surface area contributed by atoms with E-state index in [0.717, 1.165) is 50.3 Å². The second-order valence-electron chi connectivity index (χ2n) is 7.25. The summed E-state index contributed by atoms with van der Waals surface area (Å²) in [5.41, 5.74) is 2.95. The van der Waals surface area contributed by atoms with Gasteiger partial charge in [-0.05, 0) is 51.8 Å². The van der Waals surface area contributed by atoms with Crippen molar-refractivity contribution in [3.8, 4) is 5.69 Å². The third-order valence-corrected chi connectivity index (χ3v) is 5.55. The number of hydrogen-bond acceptors (Lipinski definition) is 5. The SMILES string of the molecule is CN1CCCCC1c1nn(-c2ccccc2[N+](=O)[O-])c2c1CCCCN2. The molecule has 2 aliphatic rings. The molecule has 138 valence electrons. The van der Waals surface area contributed by atoms with Crippen LogP contribution >= 0.6 is 0 Å². The molecule has 1 saturated heterocycles. The molecule has 0 aliphatic carbocycles. The molecule has 4 rings (SSSR count). The zero-order chi connectivity index (χ0) is 18.1. The van der Waals surface area contributed by atoms with Crippen LogP contribution in [0.3, 0.4) is 0 Å². The molecule has 0 spiro atoms. The number of nitrogens with one attached hydrogen (secondary N) is 1. The number of nitro benzene ring substituents is 1. The Morgan fingerprint density at radius 1 is 1.23 bits per heavy atom. The first-order chi connectivity index (χ1) is 12.7. The van der Waals surface area contributed by atoms with Crippen molar-refractivity contribution in [3.63, 3.8) is 0 Å². The lowest BCUT2D eigenvalue weighted by molar-refractivity contribution is -0.384. The summed E-state index contributed by atoms with van der Waals surface area (Å²) in [6.07, 6.45) is 6.71. The molecule has 0 amide bonds. The highest BCUT2D eigenvalue weighted by Crippen LogP contribution is 2.38. The summed E-state index contributed by atoms with van der Waals surface area (Å²) in [7, 11) is 2.16. The van der Waals surface area contributed by atoms with Crippen molar-refractivity contribution in [1.29, 1.82) is 0 Å². The Labute approximate surface area is 153 Å². The minimum atomic E-state index is -0.327. The Kier molecular flexibility index (Phi) is 4.63. The van der Waals surface area contributed by atoms with Crippen LogP contribution in [0.25, 0.3) is 5.69 Å². The fourth-order valence-corrected chi connectivity index (χ4v) is 4.19. The van der Waals surface area contributed by atoms with Gasteiger partial charge in [0.2, 0.25) is 0 Å². The molecule has 1 aromatic heterocycles. The van der Waals surface area contributed by atoms with Gasteiger partial charge < -0.3 is 5.32 Å². The molecule has 1 N–H and O–H groups in total. The van der Waals surface area contributed by atoms with Crippen molar-refractivity contribution in [2.75, 3.05) is 25.5 Å². The zero-order valence-electron chi connectivity index (χ0n) is 15.1. The van der Waals surface area contributed by atoms with Crippen molar-refractivity contribution >= 4 is 11.5 Å². The third kappa shape index (κ3) is 2.96. The fourth-order valence-electron chi connectivity index (χ4n) is 4.19. The summed E-state index contributed by atoms with van der Waals surface area (Å²) in [5.74, 6) is 0.936. The van der Waals surface area contributed by atoms with Crippen LogP contribution in [0.5, 0.6) is 0 Å². The number of nitrogens with zero attached hydrogens (tertiary/aromatic N) is 4. The maximum Gasteiger partial charge on any atom is 0.294 e. The Hall–Kier alpha value is -2.41. The molecule has 0 radical (unpaired) electrons. The van der Waals surface area contributed by atoms with Crippen LogP contribution in [-0.2, 0) is 6.42 Å². The maximum atomic E-state index is 11.5. The van der Waals surface area contributed by atoms with Crippen LogP contribution in [-0.4, -0.2) is 39.7 Å². The van der Waals surface area contributed by atoms with Crippen molar-refractivity contribution in [3.05, 3.63) is 45.6 Å². The molecular formula is C19H25N5O2. The van der Waals surface area contributed by atoms with E-state index in [1.807, 2.05) is 6.07 Å². The summed E-state index contributed by atoms with van der Waals surface area (Å²) in [6, 6.07) is 7.16. The summed E-state index contributed by atoms with van der Waals surface area (Å²) < 4.78 is 1.77. The predicted octanol–water partition coefficient (Wildman–Crippen LogP) is 3.69. The predicted molar refractivity (Wildman–Crippen MR) is 101 cm³/mol. The van der Waals surface area contributed by atoms with Gasteiger partial charge in [0.25, 0.3) is 5.69 Å². The van der Waals surface area contributed by atoms with Crippen molar-refractivity contribution in [2.24, 2.45) is 0 Å². The highest BCUT2D eigenvalue weighted by atomic mass is 16.6. The number of benzene rings is 1. The van der Waals surface area contributed by atoms with E-state index in [1.165, 1.54) is 18.4 Å². The largest absolute Gasteiger partial charge is 0.370 e. The normalized spacial score (nSPS) is 20.9. The average Bonchev–Trinajstić information content (AvgIpc) is 2.83. The molecule has 0 bridgehead atoms. The molecular weight excluding hydrogens is 330 g/mol. The first kappa shape index (κ1) is 17.0. The van der Waals surface area contributed by atoms with Gasteiger partial charge in [0.15, 0.2) is 0 Å². The number of rotatable bonds is 3. The van der Waals surface area contributed by atoms with Gasteiger partial charge in [-0.1, -0.05) is 18.6 Å². The number of para-hydroxylation sites is 2. The van der Waals surface area contributed by atoms with E-state index in [9.17, 15) is 10.1 Å². The number of hydrogen-bond donors (Lipinski definition) is 1. The average molecular weight is 355 g/mol. The van der Waals surface area contributed by atoms with Crippen LogP contribution in [0.4, 0.5) is 11.5 Å². The van der Waals surface area contributed by atoms with E-state index in [2.05, 4.69) is 17.3 Å². The standard InChI is InChI=1S/C19H25N5O2/c1-22-13-7-5-11-17(22)18-14-8-4-6-12-20-19(14)23(21-18)15-9-2-3-10-16(15)24(25)26/h2-3,9-10,17,20H,4-8,11-13H2,1H3. The monoisotopic (exact) mass is 355 g/mol. The molecule has 0 saturated carbocycles. The smallest absolute Gasteiger partial charge is 0.294 e. The Morgan fingerprint density at radius 3 is 2.88 bits per heavy atom. The first-order valence-electron chi connectivity index (χ1n) is 9.46. The van der Waals surface area contributed by atoms with Gasteiger partial charge in [-0.15, -0.1) is 0 Å². The molecule has 1 atom stereocenters. The van der Waals surface area contributed by atoms with Crippen LogP contribution < -0.4 is 5.32 Å². The molecule has 2 aliphatic heterocycles. The van der Waals surface area contributed by atoms with Crippen molar-refractivity contribution in [2.45, 2.75) is 44.6 Å². The third-order valence-electron chi connectivity index (χ3n) is 5.55. The van der Waals surface area contributed by atoms with Gasteiger partial charge in [0, 0.05) is 18.2 Å². The van der Waals surface area contributed by atoms with Gasteiger partial charge in [-0.25, -0.2) is 4.68 Å². The Balaban J connectivity index is 1.87. The fraction of sp³-hybridized carbons (Fsp3) is 0.526. The Morgan fingerprint density at radius 2 is 2.08 bits per heavy atom. The van der Waals surface area contributed by atoms with E-state index in [1.54, 1.807) is 22.9 Å². The summed E-state index contributed by atoms with van der Waals surface area (Å²) in [4.78, 5) is 13.6. The lowest BCUT2D eigenvalue weighted by Gasteiger charge is -2.31. The van der Waals surface area contributed by atoms with Crippen LogP contribution in [0, 0.1) is 10.1 Å². The van der Waals surface area contributed by atoms with Gasteiger partial charge in [-0.3, -0.25) is 15.0 Å². The number of piperidine rings is 1. The molecule has 1 fully saturated rings. The van der Waals surface area contributed by atoms with E-state index < -0.39 is 0 Å². The number of aromatic nitrogens is 2. The number of anilines is 1. The minimum Gasteiger partial charge on any atom is -0.370 e. The van der Waals surface area contributed by atoms with E-state index >= 15 is 0 Å². The van der Waals surface area contributed by atoms with Gasteiger partial charge >= 0.3 is 0 Å².